The zero-order valence-corrected chi connectivity index (χ0v) is 9.06. The highest BCUT2D eigenvalue weighted by molar-refractivity contribution is 7.99. The average molecular weight is 222 g/mol. The van der Waals surface area contributed by atoms with Gasteiger partial charge in [-0.15, -0.1) is 0 Å². The van der Waals surface area contributed by atoms with Crippen LogP contribution in [0.25, 0.3) is 0 Å². The Bertz CT molecular complexity index is 394. The van der Waals surface area contributed by atoms with Gasteiger partial charge in [-0.1, -0.05) is 0 Å². The van der Waals surface area contributed by atoms with E-state index < -0.39 is 5.82 Å². The molecule has 0 N–H and O–H groups in total. The van der Waals surface area contributed by atoms with Crippen LogP contribution in [0.2, 0.25) is 0 Å². The largest absolute Gasteiger partial charge is 0.370 e. The normalized spacial score (nSPS) is 16.1. The van der Waals surface area contributed by atoms with Gasteiger partial charge in [0.2, 0.25) is 0 Å². The molecule has 0 unspecified atom stereocenters. The number of halogens is 1. The van der Waals surface area contributed by atoms with E-state index in [9.17, 15) is 4.39 Å². The predicted molar refractivity (Wildman–Crippen MR) is 60.7 cm³/mol. The van der Waals surface area contributed by atoms with Gasteiger partial charge in [-0.25, -0.2) is 4.39 Å². The topological polar surface area (TPSA) is 27.0 Å². The summed E-state index contributed by atoms with van der Waals surface area (Å²) in [6, 6.07) is 6.65. The van der Waals surface area contributed by atoms with Crippen LogP contribution >= 0.6 is 11.8 Å². The van der Waals surface area contributed by atoms with E-state index in [1.807, 2.05) is 23.9 Å². The lowest BCUT2D eigenvalue weighted by molar-refractivity contribution is 0.623. The van der Waals surface area contributed by atoms with E-state index in [-0.39, 0.29) is 5.56 Å². The third-order valence-electron chi connectivity index (χ3n) is 2.45. The minimum absolute atomic E-state index is 0.116. The molecule has 0 bridgehead atoms. The van der Waals surface area contributed by atoms with Gasteiger partial charge in [0.15, 0.2) is 0 Å². The Morgan fingerprint density at radius 3 is 2.67 bits per heavy atom. The van der Waals surface area contributed by atoms with Crippen LogP contribution in [0.4, 0.5) is 10.1 Å². The van der Waals surface area contributed by atoms with E-state index in [1.54, 1.807) is 6.07 Å². The van der Waals surface area contributed by atoms with Crippen molar-refractivity contribution >= 4 is 17.4 Å². The summed E-state index contributed by atoms with van der Waals surface area (Å²) in [7, 11) is 0. The monoisotopic (exact) mass is 222 g/mol. The highest BCUT2D eigenvalue weighted by Gasteiger charge is 2.12. The van der Waals surface area contributed by atoms with Crippen molar-refractivity contribution in [2.45, 2.75) is 0 Å². The fourth-order valence-electron chi connectivity index (χ4n) is 1.61. The third-order valence-corrected chi connectivity index (χ3v) is 3.39. The van der Waals surface area contributed by atoms with Gasteiger partial charge in [0.05, 0.1) is 5.56 Å². The second kappa shape index (κ2) is 4.54. The van der Waals surface area contributed by atoms with Crippen LogP contribution in [-0.4, -0.2) is 24.6 Å². The fraction of sp³-hybridized carbons (Fsp3) is 0.364. The molecule has 1 aliphatic heterocycles. The zero-order chi connectivity index (χ0) is 10.7. The van der Waals surface area contributed by atoms with Gasteiger partial charge >= 0.3 is 0 Å². The molecule has 1 aliphatic rings. The fourth-order valence-corrected chi connectivity index (χ4v) is 2.52. The first-order valence-corrected chi connectivity index (χ1v) is 5.99. The summed E-state index contributed by atoms with van der Waals surface area (Å²) >= 11 is 1.92. The number of nitriles is 1. The predicted octanol–water partition coefficient (Wildman–Crippen LogP) is 2.25. The van der Waals surface area contributed by atoms with Crippen molar-refractivity contribution < 1.29 is 4.39 Å². The third kappa shape index (κ3) is 2.24. The highest BCUT2D eigenvalue weighted by atomic mass is 32.2. The van der Waals surface area contributed by atoms with E-state index in [0.717, 1.165) is 30.3 Å². The van der Waals surface area contributed by atoms with Crippen LogP contribution in [0.3, 0.4) is 0 Å². The summed E-state index contributed by atoms with van der Waals surface area (Å²) in [5, 5.41) is 8.61. The van der Waals surface area contributed by atoms with Gasteiger partial charge in [0.25, 0.3) is 0 Å². The van der Waals surface area contributed by atoms with Crippen LogP contribution in [0.15, 0.2) is 18.2 Å². The molecule has 0 aromatic heterocycles. The molecule has 4 heteroatoms. The maximum absolute atomic E-state index is 13.4. The molecule has 1 aromatic carbocycles. The Morgan fingerprint density at radius 2 is 2.07 bits per heavy atom. The van der Waals surface area contributed by atoms with E-state index in [4.69, 9.17) is 5.26 Å². The molecule has 0 radical (unpaired) electrons. The number of nitrogens with zero attached hydrogens (tertiary/aromatic N) is 2. The molecule has 2 nitrogen and oxygen atoms in total. The van der Waals surface area contributed by atoms with Crippen LogP contribution in [-0.2, 0) is 0 Å². The van der Waals surface area contributed by atoms with E-state index >= 15 is 0 Å². The number of thioether (sulfide) groups is 1. The number of benzene rings is 1. The molecule has 1 heterocycles. The van der Waals surface area contributed by atoms with Crippen molar-refractivity contribution in [1.82, 2.24) is 0 Å². The Labute approximate surface area is 92.7 Å². The van der Waals surface area contributed by atoms with Gasteiger partial charge in [0.1, 0.15) is 11.9 Å². The molecule has 1 fully saturated rings. The molecule has 0 spiro atoms. The maximum atomic E-state index is 13.4. The molecule has 15 heavy (non-hydrogen) atoms. The van der Waals surface area contributed by atoms with Gasteiger partial charge in [-0.05, 0) is 18.2 Å². The van der Waals surface area contributed by atoms with Gasteiger partial charge < -0.3 is 4.90 Å². The summed E-state index contributed by atoms with van der Waals surface area (Å²) in [5.41, 5.74) is 0.997. The zero-order valence-electron chi connectivity index (χ0n) is 8.24. The SMILES string of the molecule is N#Cc1ccc(N2CCSCC2)cc1F. The summed E-state index contributed by atoms with van der Waals surface area (Å²) in [4.78, 5) is 2.15. The lowest BCUT2D eigenvalue weighted by Gasteiger charge is -2.28. The molecular weight excluding hydrogens is 211 g/mol. The van der Waals surface area contributed by atoms with Crippen molar-refractivity contribution in [3.63, 3.8) is 0 Å². The Morgan fingerprint density at radius 1 is 1.33 bits per heavy atom. The summed E-state index contributed by atoms with van der Waals surface area (Å²) < 4.78 is 13.4. The van der Waals surface area contributed by atoms with Crippen LogP contribution in [0.5, 0.6) is 0 Å². The minimum Gasteiger partial charge on any atom is -0.370 e. The van der Waals surface area contributed by atoms with Crippen LogP contribution < -0.4 is 4.90 Å². The molecule has 1 aromatic rings. The van der Waals surface area contributed by atoms with E-state index in [2.05, 4.69) is 4.90 Å². The summed E-state index contributed by atoms with van der Waals surface area (Å²) in [6.07, 6.45) is 0. The molecule has 0 saturated carbocycles. The first kappa shape index (κ1) is 10.3. The number of anilines is 1. The maximum Gasteiger partial charge on any atom is 0.143 e. The number of hydrogen-bond donors (Lipinski definition) is 0. The smallest absolute Gasteiger partial charge is 0.143 e. The lowest BCUT2D eigenvalue weighted by atomic mass is 10.2. The Hall–Kier alpha value is -1.21. The molecule has 0 amide bonds. The number of rotatable bonds is 1. The van der Waals surface area contributed by atoms with Crippen LogP contribution in [0, 0.1) is 17.1 Å². The van der Waals surface area contributed by atoms with Crippen molar-refractivity contribution in [2.24, 2.45) is 0 Å². The molecular formula is C11H11FN2S. The Balaban J connectivity index is 2.22. The van der Waals surface area contributed by atoms with Crippen molar-refractivity contribution in [2.75, 3.05) is 29.5 Å². The highest BCUT2D eigenvalue weighted by Crippen LogP contribution is 2.21. The second-order valence-corrected chi connectivity index (χ2v) is 4.60. The standard InChI is InChI=1S/C11H11FN2S/c12-11-7-10(2-1-9(11)8-13)14-3-5-15-6-4-14/h1-2,7H,3-6H2. The van der Waals surface area contributed by atoms with Crippen molar-refractivity contribution in [1.29, 1.82) is 5.26 Å². The first-order chi connectivity index (χ1) is 7.31. The summed E-state index contributed by atoms with van der Waals surface area (Å²) in [6.45, 7) is 1.91. The molecule has 0 aliphatic carbocycles. The second-order valence-electron chi connectivity index (χ2n) is 3.38. The summed E-state index contributed by atoms with van der Waals surface area (Å²) in [5.74, 6) is 1.75. The van der Waals surface area contributed by atoms with Crippen molar-refractivity contribution in [3.05, 3.63) is 29.6 Å². The van der Waals surface area contributed by atoms with Gasteiger partial charge in [0, 0.05) is 30.3 Å². The molecule has 78 valence electrons. The Kier molecular flexibility index (Phi) is 3.12. The minimum atomic E-state index is -0.423. The van der Waals surface area contributed by atoms with Crippen molar-refractivity contribution in [3.8, 4) is 6.07 Å². The van der Waals surface area contributed by atoms with Crippen LogP contribution in [0.1, 0.15) is 5.56 Å². The van der Waals surface area contributed by atoms with Gasteiger partial charge in [-0.3, -0.25) is 0 Å². The van der Waals surface area contributed by atoms with Gasteiger partial charge in [-0.2, -0.15) is 17.0 Å². The molecule has 1 saturated heterocycles. The van der Waals surface area contributed by atoms with E-state index in [0.29, 0.717) is 0 Å². The quantitative estimate of drug-likeness (QED) is 0.729. The average Bonchev–Trinajstić information content (AvgIpc) is 2.30. The number of hydrogen-bond acceptors (Lipinski definition) is 3. The van der Waals surface area contributed by atoms with E-state index in [1.165, 1.54) is 6.07 Å². The molecule has 2 rings (SSSR count). The molecule has 0 atom stereocenters. The first-order valence-electron chi connectivity index (χ1n) is 4.83. The lowest BCUT2D eigenvalue weighted by Crippen LogP contribution is -2.32.